The molecule has 1 amide bonds. The van der Waals surface area contributed by atoms with Gasteiger partial charge in [0.05, 0.1) is 30.0 Å². The average molecular weight is 409 g/mol. The van der Waals surface area contributed by atoms with E-state index in [1.54, 1.807) is 6.20 Å². The zero-order valence-electron chi connectivity index (χ0n) is 16.2. The standard InChI is InChI=1S/C22H24N4O2S/c27-22(19-16-29-21(25-19)14-17-6-2-1-3-7-17)24-15-20(18-8-4-5-9-23-18)26-10-12-28-13-11-26/h1-9,16,20H,10-15H2,(H,24,27)/t20-/m0/s1. The van der Waals surface area contributed by atoms with Crippen molar-refractivity contribution in [3.63, 3.8) is 0 Å². The highest BCUT2D eigenvalue weighted by molar-refractivity contribution is 7.09. The van der Waals surface area contributed by atoms with Crippen LogP contribution in [0.1, 0.15) is 32.8 Å². The number of amides is 1. The molecule has 0 spiro atoms. The minimum absolute atomic E-state index is 0.0199. The zero-order chi connectivity index (χ0) is 19.9. The molecular formula is C22H24N4O2S. The van der Waals surface area contributed by atoms with Crippen molar-refractivity contribution in [2.24, 2.45) is 0 Å². The molecule has 0 radical (unpaired) electrons. The van der Waals surface area contributed by atoms with Gasteiger partial charge in [0.15, 0.2) is 0 Å². The lowest BCUT2D eigenvalue weighted by Crippen LogP contribution is -2.44. The molecule has 1 atom stereocenters. The van der Waals surface area contributed by atoms with Crippen LogP contribution in [0.15, 0.2) is 60.1 Å². The Balaban J connectivity index is 1.40. The van der Waals surface area contributed by atoms with Crippen LogP contribution in [-0.2, 0) is 11.2 Å². The van der Waals surface area contributed by atoms with E-state index in [0.29, 0.717) is 25.5 Å². The van der Waals surface area contributed by atoms with E-state index in [4.69, 9.17) is 4.74 Å². The Hall–Kier alpha value is -2.61. The molecular weight excluding hydrogens is 384 g/mol. The number of hydrogen-bond donors (Lipinski definition) is 1. The third kappa shape index (κ3) is 5.26. The number of carbonyl (C=O) groups excluding carboxylic acids is 1. The van der Waals surface area contributed by atoms with E-state index in [0.717, 1.165) is 30.2 Å². The van der Waals surface area contributed by atoms with Crippen LogP contribution in [0, 0.1) is 0 Å². The molecule has 29 heavy (non-hydrogen) atoms. The SMILES string of the molecule is O=C(NC[C@@H](c1ccccn1)N1CCOCC1)c1csc(Cc2ccccc2)n1. The van der Waals surface area contributed by atoms with E-state index in [1.807, 2.05) is 41.8 Å². The monoisotopic (exact) mass is 408 g/mol. The molecule has 1 aromatic carbocycles. The summed E-state index contributed by atoms with van der Waals surface area (Å²) in [6.07, 6.45) is 2.53. The second-order valence-corrected chi connectivity index (χ2v) is 7.86. The first-order chi connectivity index (χ1) is 14.3. The van der Waals surface area contributed by atoms with Crippen LogP contribution in [0.4, 0.5) is 0 Å². The third-order valence-corrected chi connectivity index (χ3v) is 5.80. The highest BCUT2D eigenvalue weighted by atomic mass is 32.1. The van der Waals surface area contributed by atoms with E-state index in [9.17, 15) is 4.79 Å². The summed E-state index contributed by atoms with van der Waals surface area (Å²) < 4.78 is 5.47. The zero-order valence-corrected chi connectivity index (χ0v) is 17.0. The highest BCUT2D eigenvalue weighted by Gasteiger charge is 2.24. The first-order valence-electron chi connectivity index (χ1n) is 9.79. The fourth-order valence-electron chi connectivity index (χ4n) is 3.43. The Morgan fingerprint density at radius 3 is 2.69 bits per heavy atom. The number of nitrogens with one attached hydrogen (secondary N) is 1. The van der Waals surface area contributed by atoms with Gasteiger partial charge in [0.1, 0.15) is 5.69 Å². The predicted octanol–water partition coefficient (Wildman–Crippen LogP) is 2.93. The molecule has 1 aliphatic heterocycles. The molecule has 0 unspecified atom stereocenters. The van der Waals surface area contributed by atoms with Crippen molar-refractivity contribution in [2.45, 2.75) is 12.5 Å². The molecule has 1 aliphatic rings. The van der Waals surface area contributed by atoms with Gasteiger partial charge in [0.2, 0.25) is 0 Å². The quantitative estimate of drug-likeness (QED) is 0.651. The summed E-state index contributed by atoms with van der Waals surface area (Å²) in [7, 11) is 0. The van der Waals surface area contributed by atoms with Crippen LogP contribution >= 0.6 is 11.3 Å². The first-order valence-corrected chi connectivity index (χ1v) is 10.7. The van der Waals surface area contributed by atoms with Crippen LogP contribution in [0.5, 0.6) is 0 Å². The molecule has 6 nitrogen and oxygen atoms in total. The maximum atomic E-state index is 12.7. The number of morpholine rings is 1. The van der Waals surface area contributed by atoms with E-state index in [1.165, 1.54) is 16.9 Å². The maximum Gasteiger partial charge on any atom is 0.270 e. The largest absolute Gasteiger partial charge is 0.379 e. The Kier molecular flexibility index (Phi) is 6.61. The Bertz CT molecular complexity index is 911. The topological polar surface area (TPSA) is 67.4 Å². The Labute approximate surface area is 174 Å². The number of carbonyl (C=O) groups is 1. The van der Waals surface area contributed by atoms with Gasteiger partial charge >= 0.3 is 0 Å². The summed E-state index contributed by atoms with van der Waals surface area (Å²) in [5, 5.41) is 5.83. The summed E-state index contributed by atoms with van der Waals surface area (Å²) in [4.78, 5) is 24.0. The van der Waals surface area contributed by atoms with Crippen molar-refractivity contribution < 1.29 is 9.53 Å². The predicted molar refractivity (Wildman–Crippen MR) is 113 cm³/mol. The van der Waals surface area contributed by atoms with Crippen molar-refractivity contribution in [1.29, 1.82) is 0 Å². The van der Waals surface area contributed by atoms with E-state index in [2.05, 4.69) is 32.3 Å². The number of thiazole rings is 1. The lowest BCUT2D eigenvalue weighted by molar-refractivity contribution is 0.0153. The lowest BCUT2D eigenvalue weighted by Gasteiger charge is -2.34. The molecule has 2 aromatic heterocycles. The summed E-state index contributed by atoms with van der Waals surface area (Å²) in [5.74, 6) is -0.144. The molecule has 4 rings (SSSR count). The van der Waals surface area contributed by atoms with Crippen molar-refractivity contribution in [2.75, 3.05) is 32.8 Å². The molecule has 1 N–H and O–H groups in total. The number of ether oxygens (including phenoxy) is 1. The average Bonchev–Trinajstić information content (AvgIpc) is 3.25. The number of rotatable bonds is 7. The van der Waals surface area contributed by atoms with Crippen LogP contribution < -0.4 is 5.32 Å². The van der Waals surface area contributed by atoms with Crippen molar-refractivity contribution in [3.05, 3.63) is 82.1 Å². The van der Waals surface area contributed by atoms with Gasteiger partial charge in [-0.05, 0) is 17.7 Å². The molecule has 3 aromatic rings. The Morgan fingerprint density at radius 2 is 1.93 bits per heavy atom. The number of benzene rings is 1. The van der Waals surface area contributed by atoms with Crippen molar-refractivity contribution >= 4 is 17.2 Å². The fraction of sp³-hybridized carbons (Fsp3) is 0.318. The third-order valence-electron chi connectivity index (χ3n) is 4.95. The maximum absolute atomic E-state index is 12.7. The van der Waals surface area contributed by atoms with Crippen LogP contribution in [0.2, 0.25) is 0 Å². The second-order valence-electron chi connectivity index (χ2n) is 6.92. The van der Waals surface area contributed by atoms with Gasteiger partial charge in [-0.15, -0.1) is 11.3 Å². The van der Waals surface area contributed by atoms with Crippen LogP contribution in [0.3, 0.4) is 0 Å². The van der Waals surface area contributed by atoms with Crippen LogP contribution in [0.25, 0.3) is 0 Å². The van der Waals surface area contributed by atoms with Gasteiger partial charge < -0.3 is 10.1 Å². The number of pyridine rings is 1. The van der Waals surface area contributed by atoms with Gasteiger partial charge in [-0.2, -0.15) is 0 Å². The molecule has 1 saturated heterocycles. The van der Waals surface area contributed by atoms with Crippen LogP contribution in [-0.4, -0.2) is 53.6 Å². The van der Waals surface area contributed by atoms with Gasteiger partial charge in [0.25, 0.3) is 5.91 Å². The van der Waals surface area contributed by atoms with Gasteiger partial charge in [0, 0.05) is 37.6 Å². The molecule has 3 heterocycles. The van der Waals surface area contributed by atoms with Gasteiger partial charge in [-0.1, -0.05) is 36.4 Å². The summed E-state index contributed by atoms with van der Waals surface area (Å²) in [6, 6.07) is 16.1. The minimum atomic E-state index is -0.144. The summed E-state index contributed by atoms with van der Waals surface area (Å²) in [5.41, 5.74) is 2.62. The second kappa shape index (κ2) is 9.73. The number of aromatic nitrogens is 2. The molecule has 0 bridgehead atoms. The first kappa shape index (κ1) is 19.7. The Morgan fingerprint density at radius 1 is 1.14 bits per heavy atom. The molecule has 0 saturated carbocycles. The van der Waals surface area contributed by atoms with E-state index < -0.39 is 0 Å². The highest BCUT2D eigenvalue weighted by Crippen LogP contribution is 2.20. The number of nitrogens with zero attached hydrogens (tertiary/aromatic N) is 3. The minimum Gasteiger partial charge on any atom is -0.379 e. The van der Waals surface area contributed by atoms with Crippen molar-refractivity contribution in [3.8, 4) is 0 Å². The van der Waals surface area contributed by atoms with Gasteiger partial charge in [-0.25, -0.2) is 4.98 Å². The smallest absolute Gasteiger partial charge is 0.270 e. The fourth-order valence-corrected chi connectivity index (χ4v) is 4.24. The van der Waals surface area contributed by atoms with E-state index >= 15 is 0 Å². The number of hydrogen-bond acceptors (Lipinski definition) is 6. The van der Waals surface area contributed by atoms with Crippen molar-refractivity contribution in [1.82, 2.24) is 20.2 Å². The molecule has 150 valence electrons. The summed E-state index contributed by atoms with van der Waals surface area (Å²) >= 11 is 1.52. The molecule has 1 fully saturated rings. The van der Waals surface area contributed by atoms with E-state index in [-0.39, 0.29) is 11.9 Å². The molecule has 7 heteroatoms. The summed E-state index contributed by atoms with van der Waals surface area (Å²) in [6.45, 7) is 3.55. The lowest BCUT2D eigenvalue weighted by atomic mass is 10.1. The normalized spacial score (nSPS) is 15.7. The molecule has 0 aliphatic carbocycles. The van der Waals surface area contributed by atoms with Gasteiger partial charge in [-0.3, -0.25) is 14.7 Å².